The van der Waals surface area contributed by atoms with Crippen molar-refractivity contribution in [3.05, 3.63) is 47.5 Å². The Labute approximate surface area is 213 Å². The molecule has 2 aromatic rings. The topological polar surface area (TPSA) is 80.7 Å². The number of carbonyl (C=O) groups excluding carboxylic acids is 1. The maximum atomic E-state index is 14.4. The molecule has 36 heavy (non-hydrogen) atoms. The van der Waals surface area contributed by atoms with E-state index < -0.39 is 0 Å². The SMILES string of the molecule is COC1COCCC1C[C@@H]1C[C@H]2CN(c3ncccn3)C[C@@]2(C(=O)N2CCc3ncc(C)cc3C2)C1. The van der Waals surface area contributed by atoms with Crippen molar-refractivity contribution < 1.29 is 14.3 Å². The summed E-state index contributed by atoms with van der Waals surface area (Å²) in [5.41, 5.74) is 3.10. The number of ether oxygens (including phenoxy) is 2. The van der Waals surface area contributed by atoms with Crippen LogP contribution >= 0.6 is 0 Å². The molecule has 2 aromatic heterocycles. The molecule has 5 heterocycles. The number of fused-ring (bicyclic) bond motifs is 2. The lowest BCUT2D eigenvalue weighted by Gasteiger charge is -2.37. The fourth-order valence-corrected chi connectivity index (χ4v) is 7.37. The van der Waals surface area contributed by atoms with E-state index in [0.29, 0.717) is 43.4 Å². The number of rotatable bonds is 5. The van der Waals surface area contributed by atoms with Gasteiger partial charge in [-0.25, -0.2) is 9.97 Å². The first-order valence-corrected chi connectivity index (χ1v) is 13.4. The summed E-state index contributed by atoms with van der Waals surface area (Å²) in [4.78, 5) is 32.4. The quantitative estimate of drug-likeness (QED) is 0.636. The number of nitrogens with zero attached hydrogens (tertiary/aromatic N) is 5. The summed E-state index contributed by atoms with van der Waals surface area (Å²) in [6, 6.07) is 4.04. The van der Waals surface area contributed by atoms with E-state index >= 15 is 0 Å². The second kappa shape index (κ2) is 9.71. The van der Waals surface area contributed by atoms with Crippen molar-refractivity contribution in [3.8, 4) is 0 Å². The van der Waals surface area contributed by atoms with Crippen LogP contribution < -0.4 is 4.90 Å². The standard InChI is InChI=1S/C28H37N5O3/c1-19-10-22-15-32(8-4-24(22)31-14-19)26(34)28-13-20(11-21-5-9-36-17-25(21)35-2)12-23(28)16-33(18-28)27-29-6-3-7-30-27/h3,6-7,10,14,20-21,23,25H,4-5,8-9,11-13,15-18H2,1-2H3/t20-,21?,23+,25?,28+/m1/s1. The van der Waals surface area contributed by atoms with E-state index in [0.717, 1.165) is 69.0 Å². The van der Waals surface area contributed by atoms with Crippen LogP contribution in [0.3, 0.4) is 0 Å². The summed E-state index contributed by atoms with van der Waals surface area (Å²) in [5, 5.41) is 0. The van der Waals surface area contributed by atoms with Gasteiger partial charge >= 0.3 is 0 Å². The highest BCUT2D eigenvalue weighted by molar-refractivity contribution is 5.85. The van der Waals surface area contributed by atoms with E-state index in [1.165, 1.54) is 5.56 Å². The van der Waals surface area contributed by atoms with Gasteiger partial charge in [0, 0.05) is 70.6 Å². The lowest BCUT2D eigenvalue weighted by Crippen LogP contribution is -2.48. The second-order valence-corrected chi connectivity index (χ2v) is 11.3. The number of aryl methyl sites for hydroxylation is 1. The molecule has 0 N–H and O–H groups in total. The van der Waals surface area contributed by atoms with Gasteiger partial charge in [0.05, 0.1) is 18.1 Å². The summed E-state index contributed by atoms with van der Waals surface area (Å²) < 4.78 is 11.4. The summed E-state index contributed by atoms with van der Waals surface area (Å²) in [6.45, 7) is 6.52. The van der Waals surface area contributed by atoms with Gasteiger partial charge < -0.3 is 19.3 Å². The van der Waals surface area contributed by atoms with Gasteiger partial charge in [0.25, 0.3) is 0 Å². The fourth-order valence-electron chi connectivity index (χ4n) is 7.37. The first-order chi connectivity index (χ1) is 17.6. The average Bonchev–Trinajstić information content (AvgIpc) is 3.43. The fraction of sp³-hybridized carbons (Fsp3) is 0.643. The number of amides is 1. The molecule has 0 radical (unpaired) electrons. The number of pyridine rings is 1. The third kappa shape index (κ3) is 4.28. The zero-order chi connectivity index (χ0) is 24.7. The van der Waals surface area contributed by atoms with Crippen LogP contribution in [0, 0.1) is 30.1 Å². The van der Waals surface area contributed by atoms with E-state index in [-0.39, 0.29) is 11.5 Å². The smallest absolute Gasteiger partial charge is 0.231 e. The van der Waals surface area contributed by atoms with Crippen molar-refractivity contribution in [1.82, 2.24) is 19.9 Å². The number of hydrogen-bond acceptors (Lipinski definition) is 7. The summed E-state index contributed by atoms with van der Waals surface area (Å²) in [7, 11) is 1.79. The van der Waals surface area contributed by atoms with Gasteiger partial charge in [-0.15, -0.1) is 0 Å². The number of methoxy groups -OCH3 is 1. The molecule has 192 valence electrons. The number of carbonyl (C=O) groups is 1. The van der Waals surface area contributed by atoms with Crippen molar-refractivity contribution >= 4 is 11.9 Å². The van der Waals surface area contributed by atoms with Crippen LogP contribution in [0.5, 0.6) is 0 Å². The van der Waals surface area contributed by atoms with Crippen LogP contribution in [0.2, 0.25) is 0 Å². The molecule has 2 unspecified atom stereocenters. The van der Waals surface area contributed by atoms with Crippen molar-refractivity contribution in [2.75, 3.05) is 44.9 Å². The molecule has 8 heteroatoms. The highest BCUT2D eigenvalue weighted by atomic mass is 16.5. The number of anilines is 1. The van der Waals surface area contributed by atoms with Gasteiger partial charge in [0.1, 0.15) is 0 Å². The maximum Gasteiger partial charge on any atom is 0.231 e. The lowest BCUT2D eigenvalue weighted by molar-refractivity contribution is -0.143. The van der Waals surface area contributed by atoms with E-state index in [1.807, 2.05) is 12.3 Å². The third-order valence-corrected chi connectivity index (χ3v) is 9.07. The normalized spacial score (nSPS) is 31.8. The Morgan fingerprint density at radius 2 is 2.14 bits per heavy atom. The molecule has 2 saturated heterocycles. The summed E-state index contributed by atoms with van der Waals surface area (Å²) in [6.07, 6.45) is 10.7. The van der Waals surface area contributed by atoms with Crippen LogP contribution in [0.25, 0.3) is 0 Å². The van der Waals surface area contributed by atoms with Crippen molar-refractivity contribution in [3.63, 3.8) is 0 Å². The molecule has 0 bridgehead atoms. The van der Waals surface area contributed by atoms with Gasteiger partial charge in [0.2, 0.25) is 11.9 Å². The van der Waals surface area contributed by atoms with Gasteiger partial charge in [-0.1, -0.05) is 6.07 Å². The van der Waals surface area contributed by atoms with Crippen molar-refractivity contribution in [2.24, 2.45) is 23.2 Å². The molecule has 0 aromatic carbocycles. The van der Waals surface area contributed by atoms with Crippen molar-refractivity contribution in [1.29, 1.82) is 0 Å². The molecule has 1 aliphatic carbocycles. The molecular formula is C28H37N5O3. The number of aromatic nitrogens is 3. The molecule has 3 aliphatic heterocycles. The minimum Gasteiger partial charge on any atom is -0.379 e. The molecule has 5 atom stereocenters. The van der Waals surface area contributed by atoms with Gasteiger partial charge in [0.15, 0.2) is 0 Å². The molecule has 1 amide bonds. The van der Waals surface area contributed by atoms with Crippen LogP contribution in [-0.4, -0.2) is 71.8 Å². The van der Waals surface area contributed by atoms with Gasteiger partial charge in [-0.2, -0.15) is 0 Å². The maximum absolute atomic E-state index is 14.4. The van der Waals surface area contributed by atoms with Crippen molar-refractivity contribution in [2.45, 2.75) is 51.7 Å². The second-order valence-electron chi connectivity index (χ2n) is 11.3. The Bertz CT molecular complexity index is 1100. The van der Waals surface area contributed by atoms with Crippen LogP contribution in [0.15, 0.2) is 30.7 Å². The van der Waals surface area contributed by atoms with E-state index in [2.05, 4.69) is 37.7 Å². The monoisotopic (exact) mass is 491 g/mol. The first kappa shape index (κ1) is 23.8. The molecule has 0 spiro atoms. The highest BCUT2D eigenvalue weighted by Gasteiger charge is 2.59. The molecule has 8 nitrogen and oxygen atoms in total. The molecule has 3 fully saturated rings. The third-order valence-electron chi connectivity index (χ3n) is 9.07. The molecule has 1 saturated carbocycles. The Hall–Kier alpha value is -2.58. The summed E-state index contributed by atoms with van der Waals surface area (Å²) >= 11 is 0. The lowest BCUT2D eigenvalue weighted by atomic mass is 9.78. The van der Waals surface area contributed by atoms with Crippen LogP contribution in [0.4, 0.5) is 5.95 Å². The Kier molecular flexibility index (Phi) is 6.42. The minimum absolute atomic E-state index is 0.161. The average molecular weight is 492 g/mol. The first-order valence-electron chi connectivity index (χ1n) is 13.4. The zero-order valence-corrected chi connectivity index (χ0v) is 21.4. The minimum atomic E-state index is -0.383. The van der Waals surface area contributed by atoms with Gasteiger partial charge in [-0.3, -0.25) is 9.78 Å². The predicted octanol–water partition coefficient (Wildman–Crippen LogP) is 3.04. The summed E-state index contributed by atoms with van der Waals surface area (Å²) in [5.74, 6) is 2.40. The van der Waals surface area contributed by atoms with Crippen LogP contribution in [0.1, 0.15) is 42.5 Å². The Morgan fingerprint density at radius 1 is 1.28 bits per heavy atom. The van der Waals surface area contributed by atoms with Crippen LogP contribution in [-0.2, 0) is 27.2 Å². The Balaban J connectivity index is 1.25. The predicted molar refractivity (Wildman–Crippen MR) is 135 cm³/mol. The molecule has 6 rings (SSSR count). The number of hydrogen-bond donors (Lipinski definition) is 0. The molecular weight excluding hydrogens is 454 g/mol. The van der Waals surface area contributed by atoms with E-state index in [9.17, 15) is 4.79 Å². The highest BCUT2D eigenvalue weighted by Crippen LogP contribution is 2.55. The molecule has 4 aliphatic rings. The van der Waals surface area contributed by atoms with E-state index in [1.54, 1.807) is 19.5 Å². The van der Waals surface area contributed by atoms with E-state index in [4.69, 9.17) is 9.47 Å². The largest absolute Gasteiger partial charge is 0.379 e. The zero-order valence-electron chi connectivity index (χ0n) is 21.4. The Morgan fingerprint density at radius 3 is 2.97 bits per heavy atom. The van der Waals surface area contributed by atoms with Gasteiger partial charge in [-0.05, 0) is 67.6 Å².